The molecule has 7 aromatic carbocycles. The topological polar surface area (TPSA) is 336 Å². The molecule has 1 unspecified atom stereocenters. The summed E-state index contributed by atoms with van der Waals surface area (Å²) in [7, 11) is -8.88. The number of aromatic amines is 2. The second kappa shape index (κ2) is 38.2. The number of H-pyrrole nitrogens is 2. The van der Waals surface area contributed by atoms with Crippen LogP contribution < -0.4 is 36.9 Å². The van der Waals surface area contributed by atoms with E-state index in [-0.39, 0.29) is 42.4 Å². The average molecular weight is 1570 g/mol. The van der Waals surface area contributed by atoms with Crippen LogP contribution in [0.15, 0.2) is 188 Å². The van der Waals surface area contributed by atoms with Crippen LogP contribution in [-0.4, -0.2) is 124 Å². The number of nitrogens with two attached hydrogens (primary N) is 3. The third-order valence-electron chi connectivity index (χ3n) is 13.6. The standard InChI is InChI=1S/C23H12F5N5O3S.C17H13N5O.C12H11BO3.C6H15N.C5H4IN5.CH4.BClFPS.B/c24-15-16(25)18(27)21(19(28)17(15)26)37(34,35)33-23-14(22(29)30-10-31-23)20(32-33)11-6-8-13(9-7-11)36-12-4-2-1-3-5-12;18-16-14-15(21-22-17(14)20-10-19-16)11-6-8-13(9-7-11)23-12-4-2-1-3-5-12;14-13(15)10-6-8-12(9-7-10)16-11-4-2-1-3-5-11;1-4-7(5-2)6-3;6-3-2-4(7)8-1-9-5(2)11-10-3;;2-4(3)1-5;/h1-10H,(H2,29,30,31);1-10H,(H3,18,19,20,21,22);1-9,14-15H;4-6H2,1-3H3;1H,(H3,7,8,9,10,11);1H4;;/q;;;;;;;-1. The van der Waals surface area contributed by atoms with Crippen LogP contribution >= 0.6 is 53.4 Å². The van der Waals surface area contributed by atoms with Crippen LogP contribution in [0.3, 0.4) is 0 Å². The van der Waals surface area contributed by atoms with Crippen LogP contribution in [0.4, 0.5) is 43.6 Å². The van der Waals surface area contributed by atoms with Crippen LogP contribution in [0.1, 0.15) is 28.2 Å². The van der Waals surface area contributed by atoms with Gasteiger partial charge in [-0.15, -0.1) is 4.09 Å². The Hall–Kier alpha value is -9.74. The molecule has 0 bridgehead atoms. The van der Waals surface area contributed by atoms with Crippen molar-refractivity contribution in [3.05, 3.63) is 216 Å². The maximum absolute atomic E-state index is 14.4. The molecule has 0 aliphatic heterocycles. The van der Waals surface area contributed by atoms with Gasteiger partial charge >= 0.3 is 47.9 Å². The molecule has 0 saturated carbocycles. The SMILES string of the molecule is C.CCN(CC)CC.FP(Cl)B=S.Nc1ncnc2c1c(-c1ccc(Oc3ccccc3)cc1)nn2S(=O)(=O)c1c(F)c(F)c(F)c(F)c1F.Nc1ncnc2n[nH]c(-c3ccc(Oc4ccccc4)cc3)c12.Nc1ncnc2n[nH]c(I)c12.OB(O)c1ccc(Oc2ccccc2)cc1.[B-]. The van der Waals surface area contributed by atoms with Crippen LogP contribution in [0.5, 0.6) is 34.5 Å². The van der Waals surface area contributed by atoms with Crippen LogP contribution in [0, 0.1) is 32.8 Å². The summed E-state index contributed by atoms with van der Waals surface area (Å²) in [5.74, 6) is -7.01. The van der Waals surface area contributed by atoms with Crippen molar-refractivity contribution in [2.24, 2.45) is 0 Å². The molecule has 0 saturated heterocycles. The number of nitrogen functional groups attached to an aromatic ring is 3. The summed E-state index contributed by atoms with van der Waals surface area (Å²) in [6.45, 7) is 10.1. The van der Waals surface area contributed by atoms with Gasteiger partial charge in [0.05, 0.1) is 21.9 Å². The maximum Gasteiger partial charge on any atom is 0.488 e. The van der Waals surface area contributed by atoms with Crippen molar-refractivity contribution in [2.75, 3.05) is 36.8 Å². The molecule has 1 atom stereocenters. The summed E-state index contributed by atoms with van der Waals surface area (Å²) in [6, 6.07) is 48.2. The quantitative estimate of drug-likeness (QED) is 0.0125. The second-order valence-electron chi connectivity index (χ2n) is 19.8. The van der Waals surface area contributed by atoms with E-state index in [4.69, 9.17) is 52.7 Å². The van der Waals surface area contributed by atoms with E-state index in [1.165, 1.54) is 56.6 Å². The van der Waals surface area contributed by atoms with Crippen molar-refractivity contribution < 1.29 is 58.8 Å². The van der Waals surface area contributed by atoms with Gasteiger partial charge < -0.3 is 54.8 Å². The molecule has 4 radical (unpaired) electrons. The fourth-order valence-electron chi connectivity index (χ4n) is 8.77. The zero-order chi connectivity index (χ0) is 71.3. The van der Waals surface area contributed by atoms with Crippen molar-refractivity contribution in [3.63, 3.8) is 0 Å². The number of ether oxygens (including phenoxy) is 3. The van der Waals surface area contributed by atoms with Crippen molar-refractivity contribution in [3.8, 4) is 57.0 Å². The molecule has 6 heterocycles. The molecule has 10 N–H and O–H groups in total. The van der Waals surface area contributed by atoms with Gasteiger partial charge in [-0.1, -0.05) is 94.9 Å². The molecule has 0 amide bonds. The molecule has 6 aromatic heterocycles. The third-order valence-corrected chi connectivity index (χ3v) is 17.4. The van der Waals surface area contributed by atoms with E-state index in [0.717, 1.165) is 55.2 Å². The summed E-state index contributed by atoms with van der Waals surface area (Å²) in [6.07, 6.45) is 3.65. The molecule has 0 aliphatic carbocycles. The van der Waals surface area contributed by atoms with Gasteiger partial charge in [0.25, 0.3) is 10.0 Å². The van der Waals surface area contributed by atoms with Gasteiger partial charge in [0.15, 0.2) is 45.1 Å². The summed E-state index contributed by atoms with van der Waals surface area (Å²) < 4.78 is 125. The minimum Gasteiger partial charge on any atom is -1.00 e. The number of nitrogens with one attached hydrogen (secondary N) is 2. The van der Waals surface area contributed by atoms with E-state index in [1.807, 2.05) is 91.0 Å². The molecule has 0 aliphatic rings. The molecule has 37 heteroatoms. The second-order valence-corrected chi connectivity index (χ2v) is 24.9. The van der Waals surface area contributed by atoms with Gasteiger partial charge in [0, 0.05) is 11.1 Å². The van der Waals surface area contributed by atoms with E-state index in [1.54, 1.807) is 48.5 Å². The van der Waals surface area contributed by atoms with Gasteiger partial charge in [0.2, 0.25) is 5.82 Å². The molecule has 0 spiro atoms. The molecule has 23 nitrogen and oxygen atoms in total. The number of hydrogen-bond acceptors (Lipinski definition) is 21. The smallest absolute Gasteiger partial charge is 0.488 e. The van der Waals surface area contributed by atoms with Crippen molar-refractivity contribution >= 4 is 141 Å². The number of halogens is 8. The van der Waals surface area contributed by atoms with E-state index >= 15 is 0 Å². The van der Waals surface area contributed by atoms with Gasteiger partial charge in [-0.2, -0.15) is 23.7 Å². The molecular weight excluding hydrogens is 1510 g/mol. The van der Waals surface area contributed by atoms with Gasteiger partial charge in [-0.25, -0.2) is 51.9 Å². The fraction of sp³-hybridized carbons (Fsp3) is 0.109. The Bertz CT molecular complexity index is 4900. The average Bonchev–Trinajstić information content (AvgIpc) is 1.65. The largest absolute Gasteiger partial charge is 1.00 e. The van der Waals surface area contributed by atoms with Crippen molar-refractivity contribution in [1.82, 2.24) is 64.4 Å². The zero-order valence-electron chi connectivity index (χ0n) is 52.5. The first-order valence-electron chi connectivity index (χ1n) is 29.0. The zero-order valence-corrected chi connectivity index (χ0v) is 58.0. The molecule has 0 fully saturated rings. The minimum atomic E-state index is -5.50. The number of hydrogen-bond donors (Lipinski definition) is 7. The maximum atomic E-state index is 14.4. The Kier molecular flexibility index (Phi) is 30.3. The molecular formula is C64H59B3ClF6IN16O7PS2-. The first-order valence-corrected chi connectivity index (χ1v) is 34.2. The van der Waals surface area contributed by atoms with Gasteiger partial charge in [0.1, 0.15) is 80.3 Å². The van der Waals surface area contributed by atoms with Crippen LogP contribution in [-0.2, 0) is 10.0 Å². The Morgan fingerprint density at radius 3 is 1.35 bits per heavy atom. The number of para-hydroxylation sites is 3. The Balaban J connectivity index is 0.000000214. The van der Waals surface area contributed by atoms with E-state index < -0.39 is 64.2 Å². The number of fused-ring (bicyclic) bond motifs is 3. The summed E-state index contributed by atoms with van der Waals surface area (Å²) in [5, 5.41) is 36.9. The molecule has 13 aromatic rings. The number of rotatable bonds is 15. The normalized spacial score (nSPS) is 10.8. The summed E-state index contributed by atoms with van der Waals surface area (Å²) >= 11 is 10.9. The van der Waals surface area contributed by atoms with E-state index in [2.05, 4.69) is 116 Å². The first kappa shape index (κ1) is 80.2. The molecule has 13 rings (SSSR count). The molecule has 520 valence electrons. The minimum absolute atomic E-state index is 0. The number of aromatic nitrogens is 12. The summed E-state index contributed by atoms with van der Waals surface area (Å²) in [4.78, 5) is 23.7. The number of anilines is 3. The summed E-state index contributed by atoms with van der Waals surface area (Å²) in [5.41, 5.74) is 20.4. The van der Waals surface area contributed by atoms with Crippen molar-refractivity contribution in [2.45, 2.75) is 33.1 Å². The van der Waals surface area contributed by atoms with Gasteiger partial charge in [-0.05, 0) is 145 Å². The third kappa shape index (κ3) is 20.7. The molecule has 101 heavy (non-hydrogen) atoms. The van der Waals surface area contributed by atoms with E-state index in [9.17, 15) is 34.6 Å². The number of nitrogens with zero attached hydrogens (tertiary/aromatic N) is 11. The van der Waals surface area contributed by atoms with E-state index in [0.29, 0.717) is 45.6 Å². The predicted molar refractivity (Wildman–Crippen MR) is 393 cm³/mol. The van der Waals surface area contributed by atoms with Crippen LogP contribution in [0.2, 0.25) is 0 Å². The Morgan fingerprint density at radius 1 is 0.574 bits per heavy atom. The fourth-order valence-corrected chi connectivity index (χ4v) is 10.8. The Morgan fingerprint density at radius 2 is 0.941 bits per heavy atom. The number of benzene rings is 7. The van der Waals surface area contributed by atoms with Crippen molar-refractivity contribution in [1.29, 1.82) is 0 Å². The predicted octanol–water partition coefficient (Wildman–Crippen LogP) is 13.7. The first-order chi connectivity index (χ1) is 47.6. The monoisotopic (exact) mass is 1570 g/mol. The van der Waals surface area contributed by atoms with Gasteiger partial charge in [-0.3, -0.25) is 10.2 Å². The Labute approximate surface area is 602 Å². The van der Waals surface area contributed by atoms with Crippen LogP contribution in [0.25, 0.3) is 55.6 Å².